The maximum Gasteiger partial charge on any atom is 0.243 e. The third-order valence-electron chi connectivity index (χ3n) is 3.94. The van der Waals surface area contributed by atoms with Crippen LogP contribution in [0.5, 0.6) is 0 Å². The quantitative estimate of drug-likeness (QED) is 0.781. The molecule has 1 aromatic carbocycles. The molecule has 1 fully saturated rings. The molecule has 0 saturated carbocycles. The van der Waals surface area contributed by atoms with Crippen LogP contribution >= 0.6 is 0 Å². The van der Waals surface area contributed by atoms with Crippen LogP contribution in [0, 0.1) is 0 Å². The minimum atomic E-state index is -0.365. The Bertz CT molecular complexity index is 473. The van der Waals surface area contributed by atoms with Crippen molar-refractivity contribution in [2.45, 2.75) is 45.1 Å². The first kappa shape index (κ1) is 15.5. The number of amides is 2. The molecular weight excluding hydrogens is 264 g/mol. The van der Waals surface area contributed by atoms with Gasteiger partial charge >= 0.3 is 0 Å². The van der Waals surface area contributed by atoms with Crippen molar-refractivity contribution in [2.75, 3.05) is 13.1 Å². The zero-order chi connectivity index (χ0) is 15.1. The Morgan fingerprint density at radius 1 is 1.14 bits per heavy atom. The maximum atomic E-state index is 12.1. The number of hydrogen-bond donors (Lipinski definition) is 1. The number of rotatable bonds is 7. The van der Waals surface area contributed by atoms with Gasteiger partial charge in [-0.1, -0.05) is 56.5 Å². The van der Waals surface area contributed by atoms with Crippen LogP contribution in [0.4, 0.5) is 0 Å². The van der Waals surface area contributed by atoms with Gasteiger partial charge in [-0.2, -0.15) is 0 Å². The summed E-state index contributed by atoms with van der Waals surface area (Å²) in [6.07, 6.45) is 5.02. The summed E-state index contributed by atoms with van der Waals surface area (Å²) < 4.78 is 0. The summed E-state index contributed by atoms with van der Waals surface area (Å²) in [6.45, 7) is 2.99. The zero-order valence-electron chi connectivity index (χ0n) is 12.7. The van der Waals surface area contributed by atoms with E-state index in [1.54, 1.807) is 4.90 Å². The standard InChI is InChI=1S/C17H24N2O2/c1-2-3-4-8-11-19-15(17(21)18-13-16(19)20)12-14-9-6-5-7-10-14/h5-7,9-10,15H,2-4,8,11-13H2,1H3,(H,18,21). The van der Waals surface area contributed by atoms with E-state index in [4.69, 9.17) is 0 Å². The van der Waals surface area contributed by atoms with Crippen molar-refractivity contribution in [3.63, 3.8) is 0 Å². The molecule has 21 heavy (non-hydrogen) atoms. The summed E-state index contributed by atoms with van der Waals surface area (Å²) in [5.41, 5.74) is 1.09. The van der Waals surface area contributed by atoms with Crippen LogP contribution < -0.4 is 5.32 Å². The van der Waals surface area contributed by atoms with Gasteiger partial charge in [0.1, 0.15) is 6.04 Å². The fraction of sp³-hybridized carbons (Fsp3) is 0.529. The third kappa shape index (κ3) is 4.31. The molecule has 4 heteroatoms. The van der Waals surface area contributed by atoms with Crippen LogP contribution in [0.3, 0.4) is 0 Å². The molecule has 1 atom stereocenters. The van der Waals surface area contributed by atoms with Crippen LogP contribution in [0.1, 0.15) is 38.2 Å². The highest BCUT2D eigenvalue weighted by Gasteiger charge is 2.33. The van der Waals surface area contributed by atoms with Crippen LogP contribution in [-0.4, -0.2) is 35.8 Å². The topological polar surface area (TPSA) is 49.4 Å². The molecule has 0 spiro atoms. The predicted octanol–water partition coefficient (Wildman–Crippen LogP) is 2.14. The summed E-state index contributed by atoms with van der Waals surface area (Å²) in [4.78, 5) is 26.0. The lowest BCUT2D eigenvalue weighted by atomic mass is 10.0. The van der Waals surface area contributed by atoms with Gasteiger partial charge in [-0.25, -0.2) is 0 Å². The first-order valence-electron chi connectivity index (χ1n) is 7.83. The predicted molar refractivity (Wildman–Crippen MR) is 82.8 cm³/mol. The summed E-state index contributed by atoms with van der Waals surface area (Å²) in [5.74, 6) is 0.000902. The summed E-state index contributed by atoms with van der Waals surface area (Å²) in [7, 11) is 0. The zero-order valence-corrected chi connectivity index (χ0v) is 12.7. The number of piperazine rings is 1. The normalized spacial score (nSPS) is 18.7. The van der Waals surface area contributed by atoms with E-state index >= 15 is 0 Å². The molecule has 2 amide bonds. The van der Waals surface area contributed by atoms with Crippen molar-refractivity contribution >= 4 is 11.8 Å². The van der Waals surface area contributed by atoms with Crippen LogP contribution in [0.2, 0.25) is 0 Å². The van der Waals surface area contributed by atoms with E-state index in [1.165, 1.54) is 12.8 Å². The maximum absolute atomic E-state index is 12.1. The highest BCUT2D eigenvalue weighted by Crippen LogP contribution is 2.14. The first-order valence-corrected chi connectivity index (χ1v) is 7.83. The lowest BCUT2D eigenvalue weighted by Crippen LogP contribution is -2.59. The van der Waals surface area contributed by atoms with E-state index in [2.05, 4.69) is 12.2 Å². The van der Waals surface area contributed by atoms with Gasteiger partial charge in [-0.15, -0.1) is 0 Å². The molecular formula is C17H24N2O2. The molecule has 1 heterocycles. The SMILES string of the molecule is CCCCCCN1C(=O)CNC(=O)C1Cc1ccccc1. The molecule has 1 aliphatic heterocycles. The lowest BCUT2D eigenvalue weighted by Gasteiger charge is -2.35. The lowest BCUT2D eigenvalue weighted by molar-refractivity contribution is -0.145. The average molecular weight is 288 g/mol. The smallest absolute Gasteiger partial charge is 0.243 e. The molecule has 1 unspecified atom stereocenters. The number of benzene rings is 1. The van der Waals surface area contributed by atoms with Crippen LogP contribution in [-0.2, 0) is 16.0 Å². The summed E-state index contributed by atoms with van der Waals surface area (Å²) in [5, 5.41) is 2.70. The minimum Gasteiger partial charge on any atom is -0.345 e. The molecule has 0 bridgehead atoms. The number of carbonyl (C=O) groups excluding carboxylic acids is 2. The number of unbranched alkanes of at least 4 members (excludes halogenated alkanes) is 3. The monoisotopic (exact) mass is 288 g/mol. The average Bonchev–Trinajstić information content (AvgIpc) is 2.51. The van der Waals surface area contributed by atoms with Gasteiger partial charge in [0.2, 0.25) is 11.8 Å². The molecule has 2 rings (SSSR count). The van der Waals surface area contributed by atoms with Crippen molar-refractivity contribution in [2.24, 2.45) is 0 Å². The second-order valence-electron chi connectivity index (χ2n) is 5.57. The number of nitrogens with zero attached hydrogens (tertiary/aromatic N) is 1. The molecule has 114 valence electrons. The van der Waals surface area contributed by atoms with Crippen molar-refractivity contribution in [3.05, 3.63) is 35.9 Å². The molecule has 0 aromatic heterocycles. The molecule has 4 nitrogen and oxygen atoms in total. The first-order chi connectivity index (χ1) is 10.2. The third-order valence-corrected chi connectivity index (χ3v) is 3.94. The fourth-order valence-electron chi connectivity index (χ4n) is 2.73. The largest absolute Gasteiger partial charge is 0.345 e. The second kappa shape index (κ2) is 7.81. The number of carbonyl (C=O) groups is 2. The van der Waals surface area contributed by atoms with E-state index < -0.39 is 0 Å². The molecule has 0 aliphatic carbocycles. The van der Waals surface area contributed by atoms with E-state index in [-0.39, 0.29) is 24.4 Å². The Morgan fingerprint density at radius 3 is 2.62 bits per heavy atom. The Hall–Kier alpha value is -1.84. The van der Waals surface area contributed by atoms with Crippen molar-refractivity contribution in [1.29, 1.82) is 0 Å². The highest BCUT2D eigenvalue weighted by atomic mass is 16.2. The van der Waals surface area contributed by atoms with Gasteiger partial charge < -0.3 is 10.2 Å². The molecule has 0 radical (unpaired) electrons. The fourth-order valence-corrected chi connectivity index (χ4v) is 2.73. The van der Waals surface area contributed by atoms with Gasteiger partial charge in [0.05, 0.1) is 6.54 Å². The van der Waals surface area contributed by atoms with E-state index in [9.17, 15) is 9.59 Å². The van der Waals surface area contributed by atoms with E-state index in [1.807, 2.05) is 30.3 Å². The number of nitrogens with one attached hydrogen (secondary N) is 1. The van der Waals surface area contributed by atoms with E-state index in [0.717, 1.165) is 18.4 Å². The van der Waals surface area contributed by atoms with Gasteiger partial charge in [0, 0.05) is 13.0 Å². The van der Waals surface area contributed by atoms with Gasteiger partial charge in [-0.3, -0.25) is 9.59 Å². The highest BCUT2D eigenvalue weighted by molar-refractivity contribution is 5.95. The van der Waals surface area contributed by atoms with Gasteiger partial charge in [0.15, 0.2) is 0 Å². The summed E-state index contributed by atoms with van der Waals surface area (Å²) in [6, 6.07) is 9.52. The molecule has 1 aliphatic rings. The van der Waals surface area contributed by atoms with Crippen LogP contribution in [0.15, 0.2) is 30.3 Å². The molecule has 1 N–H and O–H groups in total. The molecule has 1 saturated heterocycles. The van der Waals surface area contributed by atoms with Gasteiger partial charge in [-0.05, 0) is 12.0 Å². The van der Waals surface area contributed by atoms with Gasteiger partial charge in [0.25, 0.3) is 0 Å². The Morgan fingerprint density at radius 2 is 1.90 bits per heavy atom. The van der Waals surface area contributed by atoms with Crippen molar-refractivity contribution in [1.82, 2.24) is 10.2 Å². The second-order valence-corrected chi connectivity index (χ2v) is 5.57. The number of hydrogen-bond acceptors (Lipinski definition) is 2. The van der Waals surface area contributed by atoms with Crippen molar-refractivity contribution in [3.8, 4) is 0 Å². The van der Waals surface area contributed by atoms with E-state index in [0.29, 0.717) is 13.0 Å². The minimum absolute atomic E-state index is 0.0334. The van der Waals surface area contributed by atoms with Crippen LogP contribution in [0.25, 0.3) is 0 Å². The molecule has 1 aromatic rings. The Balaban J connectivity index is 2.01. The summed E-state index contributed by atoms with van der Waals surface area (Å²) >= 11 is 0. The van der Waals surface area contributed by atoms with Crippen molar-refractivity contribution < 1.29 is 9.59 Å². The Labute approximate surface area is 126 Å². The Kier molecular flexibility index (Phi) is 5.78.